The Morgan fingerprint density at radius 2 is 2.26 bits per heavy atom. The Kier molecular flexibility index (Phi) is 3.65. The summed E-state index contributed by atoms with van der Waals surface area (Å²) in [5.41, 5.74) is 7.26. The molecular formula is C12H13N5S2. The predicted molar refractivity (Wildman–Crippen MR) is 79.4 cm³/mol. The zero-order valence-corrected chi connectivity index (χ0v) is 11.8. The van der Waals surface area contributed by atoms with Crippen LogP contribution in [0.4, 0.5) is 5.82 Å². The third-order valence-corrected chi connectivity index (χ3v) is 4.93. The van der Waals surface area contributed by atoms with Crippen LogP contribution in [0.5, 0.6) is 0 Å². The number of nitrogen functional groups attached to an aromatic ring is 1. The van der Waals surface area contributed by atoms with Crippen LogP contribution in [-0.2, 0) is 6.54 Å². The molecule has 98 valence electrons. The van der Waals surface area contributed by atoms with Gasteiger partial charge in [0.1, 0.15) is 11.8 Å². The average molecular weight is 291 g/mol. The second kappa shape index (κ2) is 5.58. The van der Waals surface area contributed by atoms with Crippen molar-refractivity contribution >= 4 is 40.1 Å². The number of thiophene rings is 1. The van der Waals surface area contributed by atoms with E-state index in [1.807, 2.05) is 16.3 Å². The fourth-order valence-corrected chi connectivity index (χ4v) is 3.60. The third-order valence-electron chi connectivity index (χ3n) is 2.71. The normalized spacial score (nSPS) is 11.2. The molecule has 19 heavy (non-hydrogen) atoms. The van der Waals surface area contributed by atoms with Crippen LogP contribution in [0.25, 0.3) is 11.2 Å². The first-order valence-electron chi connectivity index (χ1n) is 5.92. The zero-order valence-electron chi connectivity index (χ0n) is 10.2. The van der Waals surface area contributed by atoms with Gasteiger partial charge in [-0.2, -0.15) is 0 Å². The third kappa shape index (κ3) is 2.71. The Morgan fingerprint density at radius 3 is 3.11 bits per heavy atom. The predicted octanol–water partition coefficient (Wildman–Crippen LogP) is 2.65. The van der Waals surface area contributed by atoms with Crippen molar-refractivity contribution in [1.82, 2.24) is 19.5 Å². The van der Waals surface area contributed by atoms with Crippen molar-refractivity contribution in [2.24, 2.45) is 0 Å². The summed E-state index contributed by atoms with van der Waals surface area (Å²) in [7, 11) is 0. The Bertz CT molecular complexity index is 662. The fourth-order valence-electron chi connectivity index (χ4n) is 1.82. The molecule has 0 amide bonds. The smallest absolute Gasteiger partial charge is 0.165 e. The molecule has 7 heteroatoms. The molecule has 0 aromatic carbocycles. The fraction of sp³-hybridized carbons (Fsp3) is 0.250. The van der Waals surface area contributed by atoms with Gasteiger partial charge < -0.3 is 10.3 Å². The van der Waals surface area contributed by atoms with Gasteiger partial charge in [-0.05, 0) is 17.9 Å². The van der Waals surface area contributed by atoms with E-state index in [4.69, 9.17) is 5.73 Å². The number of hydrogen-bond donors (Lipinski definition) is 1. The Labute approximate surface area is 118 Å². The Balaban J connectivity index is 1.61. The topological polar surface area (TPSA) is 69.6 Å². The van der Waals surface area contributed by atoms with E-state index in [0.717, 1.165) is 24.4 Å². The molecule has 0 aliphatic rings. The van der Waals surface area contributed by atoms with Gasteiger partial charge in [0, 0.05) is 12.3 Å². The van der Waals surface area contributed by atoms with E-state index < -0.39 is 0 Å². The standard InChI is InChI=1S/C12H13N5S2/c13-11-10-12(15-7-14-11)17(8-16-10)4-2-6-19-9-3-1-5-18-9/h1,3,5,7-8H,2,4,6H2,(H2,13,14,15). The highest BCUT2D eigenvalue weighted by molar-refractivity contribution is 8.01. The van der Waals surface area contributed by atoms with Gasteiger partial charge in [0.05, 0.1) is 10.5 Å². The van der Waals surface area contributed by atoms with Gasteiger partial charge in [0.25, 0.3) is 0 Å². The van der Waals surface area contributed by atoms with Crippen LogP contribution in [0.1, 0.15) is 6.42 Å². The molecule has 0 radical (unpaired) electrons. The summed E-state index contributed by atoms with van der Waals surface area (Å²) in [5, 5.41) is 2.10. The van der Waals surface area contributed by atoms with Gasteiger partial charge in [-0.3, -0.25) is 0 Å². The number of aromatic nitrogens is 4. The maximum Gasteiger partial charge on any atom is 0.165 e. The van der Waals surface area contributed by atoms with E-state index in [-0.39, 0.29) is 0 Å². The molecule has 3 aromatic rings. The van der Waals surface area contributed by atoms with Crippen LogP contribution in [0, 0.1) is 0 Å². The van der Waals surface area contributed by atoms with Gasteiger partial charge in [0.2, 0.25) is 0 Å². The highest BCUT2D eigenvalue weighted by atomic mass is 32.2. The number of fused-ring (bicyclic) bond motifs is 1. The minimum absolute atomic E-state index is 0.441. The number of anilines is 1. The minimum Gasteiger partial charge on any atom is -0.382 e. The molecule has 0 aliphatic carbocycles. The number of nitrogens with two attached hydrogens (primary N) is 1. The van der Waals surface area contributed by atoms with Crippen molar-refractivity contribution < 1.29 is 0 Å². The molecule has 0 spiro atoms. The highest BCUT2D eigenvalue weighted by Gasteiger charge is 2.07. The number of aryl methyl sites for hydroxylation is 1. The summed E-state index contributed by atoms with van der Waals surface area (Å²) in [6.45, 7) is 0.894. The molecule has 0 fully saturated rings. The van der Waals surface area contributed by atoms with E-state index >= 15 is 0 Å². The molecule has 0 saturated heterocycles. The van der Waals surface area contributed by atoms with E-state index in [9.17, 15) is 0 Å². The molecule has 5 nitrogen and oxygen atoms in total. The molecule has 0 atom stereocenters. The lowest BCUT2D eigenvalue weighted by Gasteiger charge is -2.03. The molecule has 0 bridgehead atoms. The summed E-state index contributed by atoms with van der Waals surface area (Å²) in [6, 6.07) is 4.23. The van der Waals surface area contributed by atoms with Crippen LogP contribution in [0.15, 0.2) is 34.4 Å². The van der Waals surface area contributed by atoms with Crippen LogP contribution in [0.2, 0.25) is 0 Å². The second-order valence-electron chi connectivity index (χ2n) is 4.00. The maximum atomic E-state index is 5.76. The number of hydrogen-bond acceptors (Lipinski definition) is 6. The van der Waals surface area contributed by atoms with Crippen LogP contribution in [0.3, 0.4) is 0 Å². The van der Waals surface area contributed by atoms with E-state index in [1.54, 1.807) is 17.7 Å². The first-order chi connectivity index (χ1) is 9.34. The first-order valence-corrected chi connectivity index (χ1v) is 7.79. The number of nitrogens with zero attached hydrogens (tertiary/aromatic N) is 4. The van der Waals surface area contributed by atoms with Gasteiger partial charge in [-0.15, -0.1) is 23.1 Å². The van der Waals surface area contributed by atoms with Gasteiger partial charge in [-0.1, -0.05) is 6.07 Å². The van der Waals surface area contributed by atoms with Gasteiger partial charge >= 0.3 is 0 Å². The molecular weight excluding hydrogens is 278 g/mol. The molecule has 0 aliphatic heterocycles. The van der Waals surface area contributed by atoms with Crippen molar-refractivity contribution in [2.45, 2.75) is 17.2 Å². The SMILES string of the molecule is Nc1ncnc2c1ncn2CCCSc1cccs1. The van der Waals surface area contributed by atoms with Crippen molar-refractivity contribution in [3.05, 3.63) is 30.2 Å². The quantitative estimate of drug-likeness (QED) is 0.578. The van der Waals surface area contributed by atoms with Crippen molar-refractivity contribution in [1.29, 1.82) is 0 Å². The number of rotatable bonds is 5. The van der Waals surface area contributed by atoms with Crippen LogP contribution in [-0.4, -0.2) is 25.3 Å². The van der Waals surface area contributed by atoms with Gasteiger partial charge in [-0.25, -0.2) is 15.0 Å². The Morgan fingerprint density at radius 1 is 1.32 bits per heavy atom. The monoisotopic (exact) mass is 291 g/mol. The lowest BCUT2D eigenvalue weighted by molar-refractivity contribution is 0.696. The van der Waals surface area contributed by atoms with Gasteiger partial charge in [0.15, 0.2) is 11.5 Å². The lowest BCUT2D eigenvalue weighted by atomic mass is 10.4. The van der Waals surface area contributed by atoms with E-state index in [2.05, 4.69) is 32.5 Å². The molecule has 0 saturated carbocycles. The first kappa shape index (κ1) is 12.4. The van der Waals surface area contributed by atoms with Crippen molar-refractivity contribution in [3.8, 4) is 0 Å². The average Bonchev–Trinajstić information content (AvgIpc) is 3.05. The summed E-state index contributed by atoms with van der Waals surface area (Å²) < 4.78 is 3.39. The largest absolute Gasteiger partial charge is 0.382 e. The highest BCUT2D eigenvalue weighted by Crippen LogP contribution is 2.24. The molecule has 3 heterocycles. The summed E-state index contributed by atoms with van der Waals surface area (Å²) in [4.78, 5) is 12.4. The maximum absolute atomic E-state index is 5.76. The summed E-state index contributed by atoms with van der Waals surface area (Å²) in [6.07, 6.45) is 4.33. The summed E-state index contributed by atoms with van der Waals surface area (Å²) in [5.74, 6) is 1.53. The van der Waals surface area contributed by atoms with Crippen molar-refractivity contribution in [2.75, 3.05) is 11.5 Å². The summed E-state index contributed by atoms with van der Waals surface area (Å²) >= 11 is 3.67. The van der Waals surface area contributed by atoms with Crippen LogP contribution < -0.4 is 5.73 Å². The molecule has 2 N–H and O–H groups in total. The zero-order chi connectivity index (χ0) is 13.1. The van der Waals surface area contributed by atoms with Crippen LogP contribution >= 0.6 is 23.1 Å². The Hall–Kier alpha value is -1.60. The lowest BCUT2D eigenvalue weighted by Crippen LogP contribution is -2.00. The minimum atomic E-state index is 0.441. The molecule has 0 unspecified atom stereocenters. The number of thioether (sulfide) groups is 1. The van der Waals surface area contributed by atoms with Crippen molar-refractivity contribution in [3.63, 3.8) is 0 Å². The van der Waals surface area contributed by atoms with E-state index in [1.165, 1.54) is 10.5 Å². The van der Waals surface area contributed by atoms with E-state index in [0.29, 0.717) is 11.3 Å². The molecule has 3 aromatic heterocycles. The molecule has 3 rings (SSSR count). The second-order valence-corrected chi connectivity index (χ2v) is 6.35. The number of imidazole rings is 1.